The Kier molecular flexibility index (Phi) is 3.89. The Hall–Kier alpha value is -1.83. The Labute approximate surface area is 118 Å². The number of benzene rings is 1. The normalized spacial score (nSPS) is 11.9. The van der Waals surface area contributed by atoms with Gasteiger partial charge < -0.3 is 4.42 Å². The van der Waals surface area contributed by atoms with E-state index in [9.17, 15) is 9.18 Å². The molecule has 1 aromatic heterocycles. The molecule has 1 heterocycles. The fraction of sp³-hybridized carbons (Fsp3) is 0.0769. The maximum Gasteiger partial charge on any atom is 0.203 e. The number of furan rings is 1. The highest BCUT2D eigenvalue weighted by atomic mass is 35.5. The number of nitriles is 1. The summed E-state index contributed by atoms with van der Waals surface area (Å²) in [6.45, 7) is 0. The van der Waals surface area contributed by atoms with Gasteiger partial charge in [-0.2, -0.15) is 5.26 Å². The summed E-state index contributed by atoms with van der Waals surface area (Å²) < 4.78 is 18.6. The molecule has 6 heteroatoms. The molecule has 96 valence electrons. The van der Waals surface area contributed by atoms with Gasteiger partial charge in [0.05, 0.1) is 22.9 Å². The smallest absolute Gasteiger partial charge is 0.203 e. The Bertz CT molecular complexity index is 676. The number of hydrogen-bond acceptors (Lipinski definition) is 3. The molecule has 1 aromatic carbocycles. The molecule has 2 aromatic rings. The lowest BCUT2D eigenvalue weighted by atomic mass is 9.92. The van der Waals surface area contributed by atoms with E-state index in [0.29, 0.717) is 0 Å². The van der Waals surface area contributed by atoms with Crippen LogP contribution in [0.5, 0.6) is 0 Å². The highest BCUT2D eigenvalue weighted by molar-refractivity contribution is 6.32. The lowest BCUT2D eigenvalue weighted by Crippen LogP contribution is -2.12. The molecule has 0 saturated heterocycles. The molecule has 0 bridgehead atoms. The summed E-state index contributed by atoms with van der Waals surface area (Å²) in [5.74, 6) is -2.75. The molecular formula is C13H6Cl2FNO2. The summed E-state index contributed by atoms with van der Waals surface area (Å²) >= 11 is 11.3. The highest BCUT2D eigenvalue weighted by Gasteiger charge is 2.28. The third-order valence-corrected chi connectivity index (χ3v) is 3.15. The number of Topliss-reactive ketones (excluding diaryl/α,β-unsaturated/α-hetero) is 1. The van der Waals surface area contributed by atoms with Crippen molar-refractivity contribution in [1.82, 2.24) is 0 Å². The van der Waals surface area contributed by atoms with Crippen molar-refractivity contribution in [3.63, 3.8) is 0 Å². The fourth-order valence-corrected chi connectivity index (χ4v) is 2.03. The van der Waals surface area contributed by atoms with Crippen LogP contribution < -0.4 is 0 Å². The average molecular weight is 298 g/mol. The molecule has 0 spiro atoms. The largest absolute Gasteiger partial charge is 0.452 e. The van der Waals surface area contributed by atoms with Crippen molar-refractivity contribution in [1.29, 1.82) is 5.26 Å². The van der Waals surface area contributed by atoms with Crippen LogP contribution in [0.4, 0.5) is 4.39 Å². The minimum atomic E-state index is -1.33. The van der Waals surface area contributed by atoms with Crippen LogP contribution in [0.2, 0.25) is 10.2 Å². The zero-order valence-electron chi connectivity index (χ0n) is 9.36. The van der Waals surface area contributed by atoms with Crippen molar-refractivity contribution < 1.29 is 13.6 Å². The molecule has 1 unspecified atom stereocenters. The molecule has 0 amide bonds. The summed E-state index contributed by atoms with van der Waals surface area (Å²) in [6, 6.07) is 7.22. The molecule has 0 saturated carbocycles. The minimum absolute atomic E-state index is 0.0348. The first-order valence-electron chi connectivity index (χ1n) is 5.17. The maximum atomic E-state index is 13.8. The molecule has 0 aliphatic carbocycles. The lowest BCUT2D eigenvalue weighted by molar-refractivity contribution is 0.0977. The van der Waals surface area contributed by atoms with E-state index in [1.807, 2.05) is 0 Å². The Morgan fingerprint density at radius 1 is 1.37 bits per heavy atom. The maximum absolute atomic E-state index is 13.8. The van der Waals surface area contributed by atoms with Gasteiger partial charge in [0.2, 0.25) is 5.22 Å². The zero-order chi connectivity index (χ0) is 14.0. The second kappa shape index (κ2) is 5.43. The molecule has 0 fully saturated rings. The molecule has 19 heavy (non-hydrogen) atoms. The SMILES string of the molecule is N#CC(C(=O)c1ccoc1Cl)c1cccc(Cl)c1F. The van der Waals surface area contributed by atoms with E-state index >= 15 is 0 Å². The molecule has 0 aliphatic rings. The van der Waals surface area contributed by atoms with Gasteiger partial charge >= 0.3 is 0 Å². The highest BCUT2D eigenvalue weighted by Crippen LogP contribution is 2.29. The monoisotopic (exact) mass is 297 g/mol. The van der Waals surface area contributed by atoms with E-state index in [4.69, 9.17) is 32.9 Å². The quantitative estimate of drug-likeness (QED) is 0.797. The van der Waals surface area contributed by atoms with Crippen molar-refractivity contribution in [3.05, 3.63) is 57.7 Å². The minimum Gasteiger partial charge on any atom is -0.452 e. The topological polar surface area (TPSA) is 54.0 Å². The molecule has 0 aliphatic heterocycles. The summed E-state index contributed by atoms with van der Waals surface area (Å²) in [5.41, 5.74) is -0.0511. The number of carbonyl (C=O) groups is 1. The van der Waals surface area contributed by atoms with Crippen LogP contribution in [0, 0.1) is 17.1 Å². The molecule has 3 nitrogen and oxygen atoms in total. The van der Waals surface area contributed by atoms with Gasteiger partial charge in [-0.1, -0.05) is 23.7 Å². The van der Waals surface area contributed by atoms with Gasteiger partial charge in [0.25, 0.3) is 0 Å². The Morgan fingerprint density at radius 3 is 2.68 bits per heavy atom. The number of halogens is 3. The van der Waals surface area contributed by atoms with E-state index < -0.39 is 17.5 Å². The van der Waals surface area contributed by atoms with Gasteiger partial charge in [-0.3, -0.25) is 4.79 Å². The van der Waals surface area contributed by atoms with Crippen molar-refractivity contribution in [2.24, 2.45) is 0 Å². The summed E-state index contributed by atoms with van der Waals surface area (Å²) in [7, 11) is 0. The number of hydrogen-bond donors (Lipinski definition) is 0. The van der Waals surface area contributed by atoms with E-state index in [0.717, 1.165) is 0 Å². The Morgan fingerprint density at radius 2 is 2.11 bits per heavy atom. The number of rotatable bonds is 3. The van der Waals surface area contributed by atoms with Gasteiger partial charge in [0.1, 0.15) is 11.7 Å². The Balaban J connectivity index is 2.47. The predicted molar refractivity (Wildman–Crippen MR) is 67.8 cm³/mol. The third kappa shape index (κ3) is 2.48. The summed E-state index contributed by atoms with van der Waals surface area (Å²) in [5, 5.41) is 8.82. The van der Waals surface area contributed by atoms with Gasteiger partial charge in [-0.25, -0.2) is 4.39 Å². The van der Waals surface area contributed by atoms with Gasteiger partial charge in [-0.05, 0) is 23.7 Å². The van der Waals surface area contributed by atoms with Crippen LogP contribution in [0.3, 0.4) is 0 Å². The van der Waals surface area contributed by atoms with Crippen molar-refractivity contribution in [3.8, 4) is 6.07 Å². The summed E-state index contributed by atoms with van der Waals surface area (Å²) in [6.07, 6.45) is 1.22. The van der Waals surface area contributed by atoms with Crippen molar-refractivity contribution >= 4 is 29.0 Å². The van der Waals surface area contributed by atoms with Crippen LogP contribution in [0.1, 0.15) is 21.8 Å². The molecule has 0 N–H and O–H groups in total. The first-order valence-corrected chi connectivity index (χ1v) is 5.92. The second-order valence-electron chi connectivity index (χ2n) is 3.68. The molecular weight excluding hydrogens is 292 g/mol. The van der Waals surface area contributed by atoms with Crippen LogP contribution in [0.15, 0.2) is 34.9 Å². The average Bonchev–Trinajstić information content (AvgIpc) is 2.81. The van der Waals surface area contributed by atoms with Gasteiger partial charge in [0, 0.05) is 5.56 Å². The molecule has 1 atom stereocenters. The van der Waals surface area contributed by atoms with Crippen LogP contribution in [-0.2, 0) is 0 Å². The fourth-order valence-electron chi connectivity index (χ4n) is 1.64. The zero-order valence-corrected chi connectivity index (χ0v) is 10.9. The van der Waals surface area contributed by atoms with Crippen LogP contribution >= 0.6 is 23.2 Å². The first kappa shape index (κ1) is 13.6. The van der Waals surface area contributed by atoms with Crippen molar-refractivity contribution in [2.45, 2.75) is 5.92 Å². The van der Waals surface area contributed by atoms with E-state index in [1.165, 1.54) is 30.5 Å². The molecule has 2 rings (SSSR count). The number of nitrogens with zero attached hydrogens (tertiary/aromatic N) is 1. The second-order valence-corrected chi connectivity index (χ2v) is 4.43. The van der Waals surface area contributed by atoms with E-state index in [1.54, 1.807) is 6.07 Å². The first-order chi connectivity index (χ1) is 9.06. The summed E-state index contributed by atoms with van der Waals surface area (Å²) in [4.78, 5) is 12.1. The third-order valence-electron chi connectivity index (χ3n) is 2.57. The predicted octanol–water partition coefficient (Wildman–Crippen LogP) is 4.22. The standard InChI is InChI=1S/C13H6Cl2FNO2/c14-10-3-1-2-7(11(10)16)9(6-17)12(18)8-4-5-19-13(8)15/h1-5,9H. The van der Waals surface area contributed by atoms with E-state index in [2.05, 4.69) is 0 Å². The molecule has 0 radical (unpaired) electrons. The van der Waals surface area contributed by atoms with E-state index in [-0.39, 0.29) is 21.4 Å². The van der Waals surface area contributed by atoms with Gasteiger partial charge in [0.15, 0.2) is 5.78 Å². The van der Waals surface area contributed by atoms with Crippen LogP contribution in [-0.4, -0.2) is 5.78 Å². The lowest BCUT2D eigenvalue weighted by Gasteiger charge is -2.09. The van der Waals surface area contributed by atoms with Crippen LogP contribution in [0.25, 0.3) is 0 Å². The van der Waals surface area contributed by atoms with Gasteiger partial charge in [-0.15, -0.1) is 0 Å². The number of ketones is 1. The number of carbonyl (C=O) groups excluding carboxylic acids is 1. The van der Waals surface area contributed by atoms with Crippen molar-refractivity contribution in [2.75, 3.05) is 0 Å².